The van der Waals surface area contributed by atoms with Crippen LogP contribution >= 0.6 is 46.4 Å². The third-order valence-corrected chi connectivity index (χ3v) is 8.63. The van der Waals surface area contributed by atoms with Gasteiger partial charge in [0, 0.05) is 24.7 Å². The van der Waals surface area contributed by atoms with Crippen LogP contribution in [0.1, 0.15) is 11.1 Å². The zero-order chi connectivity index (χ0) is 25.6. The van der Waals surface area contributed by atoms with Crippen LogP contribution in [-0.4, -0.2) is 35.0 Å². The number of hydrogen-bond donors (Lipinski definition) is 0. The first-order chi connectivity index (χ1) is 17.1. The van der Waals surface area contributed by atoms with Gasteiger partial charge in [0.1, 0.15) is 10.0 Å². The molecule has 2 fully saturated rings. The number of likely N-dealkylation sites (tertiary alicyclic amines) is 1. The normalized spacial score (nSPS) is 27.8. The number of hydrogen-bond acceptors (Lipinski definition) is 6. The molecule has 2 bridgehead atoms. The maximum absolute atomic E-state index is 14.0. The van der Waals surface area contributed by atoms with Gasteiger partial charge in [0.05, 0.1) is 15.0 Å². The van der Waals surface area contributed by atoms with Gasteiger partial charge in [-0.2, -0.15) is 0 Å². The first-order valence-corrected chi connectivity index (χ1v) is 12.1. The number of rotatable bonds is 3. The molecule has 0 aromatic heterocycles. The fourth-order valence-electron chi connectivity index (χ4n) is 5.22. The molecule has 3 aliphatic heterocycles. The lowest BCUT2D eigenvalue weighted by atomic mass is 9.79. The maximum atomic E-state index is 14.0. The van der Waals surface area contributed by atoms with Crippen molar-refractivity contribution in [3.63, 3.8) is 0 Å². The lowest BCUT2D eigenvalue weighted by Crippen LogP contribution is -2.65. The smallest absolute Gasteiger partial charge is 0.269 e. The first kappa shape index (κ1) is 23.6. The van der Waals surface area contributed by atoms with E-state index in [1.54, 1.807) is 19.2 Å². The Morgan fingerprint density at radius 3 is 1.94 bits per heavy atom. The Kier molecular flexibility index (Phi) is 5.17. The molecule has 4 unspecified atom stereocenters. The van der Waals surface area contributed by atoms with Crippen LogP contribution in [0.3, 0.4) is 0 Å². The van der Waals surface area contributed by atoms with Gasteiger partial charge in [0.25, 0.3) is 11.6 Å². The summed E-state index contributed by atoms with van der Waals surface area (Å²) in [6, 6.07) is 14.6. The minimum absolute atomic E-state index is 0.00326. The number of carbonyl (C=O) groups excluding carboxylic acids is 1. The molecule has 1 amide bonds. The van der Waals surface area contributed by atoms with E-state index < -0.39 is 34.4 Å². The number of nitro groups is 1. The van der Waals surface area contributed by atoms with Crippen molar-refractivity contribution in [2.45, 2.75) is 23.5 Å². The van der Waals surface area contributed by atoms with E-state index in [1.807, 2.05) is 18.2 Å². The number of fused-ring (bicyclic) bond motifs is 6. The van der Waals surface area contributed by atoms with Crippen molar-refractivity contribution in [2.75, 3.05) is 7.05 Å². The van der Waals surface area contributed by atoms with E-state index >= 15 is 0 Å². The van der Waals surface area contributed by atoms with Gasteiger partial charge in [-0.15, -0.1) is 0 Å². The SMILES string of the molecule is CN1C(=O)C2(c3ccc([N+](=O)[O-])cc3)OC1(c1ccccc1)C1Oc3c(Cl)c(Cl)c(Cl)c(Cl)c3OC12. The maximum Gasteiger partial charge on any atom is 0.269 e. The minimum atomic E-state index is -1.72. The molecule has 0 aliphatic carbocycles. The van der Waals surface area contributed by atoms with Gasteiger partial charge >= 0.3 is 0 Å². The predicted octanol–water partition coefficient (Wildman–Crippen LogP) is 5.97. The second-order valence-corrected chi connectivity index (χ2v) is 10.1. The summed E-state index contributed by atoms with van der Waals surface area (Å²) in [6.07, 6.45) is -1.97. The van der Waals surface area contributed by atoms with E-state index in [4.69, 9.17) is 60.6 Å². The van der Waals surface area contributed by atoms with E-state index in [1.165, 1.54) is 29.2 Å². The lowest BCUT2D eigenvalue weighted by Gasteiger charge is -2.46. The lowest BCUT2D eigenvalue weighted by molar-refractivity contribution is -0.384. The Morgan fingerprint density at radius 1 is 0.833 bits per heavy atom. The zero-order valence-electron chi connectivity index (χ0n) is 18.2. The molecule has 4 atom stereocenters. The third-order valence-electron chi connectivity index (χ3n) is 6.87. The molecule has 8 nitrogen and oxygen atoms in total. The molecule has 0 spiro atoms. The molecule has 184 valence electrons. The second kappa shape index (κ2) is 7.87. The highest BCUT2D eigenvalue weighted by atomic mass is 35.5. The van der Waals surface area contributed by atoms with E-state index in [2.05, 4.69) is 0 Å². The highest BCUT2D eigenvalue weighted by Crippen LogP contribution is 2.64. The summed E-state index contributed by atoms with van der Waals surface area (Å²) in [4.78, 5) is 26.1. The molecule has 3 aromatic rings. The Bertz CT molecular complexity index is 1450. The number of carbonyl (C=O) groups is 1. The van der Waals surface area contributed by atoms with E-state index in [9.17, 15) is 14.9 Å². The van der Waals surface area contributed by atoms with Crippen LogP contribution in [0.4, 0.5) is 5.69 Å². The van der Waals surface area contributed by atoms with Crippen LogP contribution in [0.25, 0.3) is 0 Å². The van der Waals surface area contributed by atoms with Gasteiger partial charge in [0.2, 0.25) is 11.3 Å². The summed E-state index contributed by atoms with van der Waals surface area (Å²) in [6.45, 7) is 0. The second-order valence-electron chi connectivity index (χ2n) is 8.56. The van der Waals surface area contributed by atoms with Gasteiger partial charge in [-0.3, -0.25) is 14.9 Å². The highest BCUT2D eigenvalue weighted by molar-refractivity contribution is 6.53. The van der Waals surface area contributed by atoms with Crippen molar-refractivity contribution in [3.05, 3.63) is 95.9 Å². The van der Waals surface area contributed by atoms with Crippen molar-refractivity contribution < 1.29 is 23.9 Å². The van der Waals surface area contributed by atoms with Crippen LogP contribution in [0.5, 0.6) is 11.5 Å². The standard InChI is InChI=1S/C24H14Cl4N2O6/c1-29-22(31)23(11-7-9-13(10-8-11)30(32)33)20-21(24(29,36-23)12-5-3-2-4-6-12)35-19-17(28)15(26)14(25)16(27)18(19)34-20/h2-10,20-21H,1H3. The minimum Gasteiger partial charge on any atom is -0.477 e. The van der Waals surface area contributed by atoms with Crippen LogP contribution in [0.15, 0.2) is 54.6 Å². The Balaban J connectivity index is 1.61. The fourth-order valence-corrected chi connectivity index (χ4v) is 6.13. The summed E-state index contributed by atoms with van der Waals surface area (Å²) in [5.41, 5.74) is -2.30. The van der Waals surface area contributed by atoms with E-state index in [0.717, 1.165) is 0 Å². The van der Waals surface area contributed by atoms with Crippen molar-refractivity contribution in [3.8, 4) is 11.5 Å². The molecule has 6 rings (SSSR count). The zero-order valence-corrected chi connectivity index (χ0v) is 21.2. The molecule has 3 aliphatic rings. The molecular formula is C24H14Cl4N2O6. The molecule has 3 aromatic carbocycles. The van der Waals surface area contributed by atoms with Gasteiger partial charge in [-0.05, 0) is 17.7 Å². The number of benzene rings is 3. The molecule has 0 radical (unpaired) electrons. The number of non-ortho nitro benzene ring substituents is 1. The van der Waals surface area contributed by atoms with Crippen molar-refractivity contribution in [1.82, 2.24) is 4.90 Å². The Hall–Kier alpha value is -2.75. The monoisotopic (exact) mass is 566 g/mol. The van der Waals surface area contributed by atoms with Gasteiger partial charge in [0.15, 0.2) is 23.7 Å². The number of nitrogens with zero attached hydrogens (tertiary/aromatic N) is 2. The Morgan fingerprint density at radius 2 is 1.39 bits per heavy atom. The van der Waals surface area contributed by atoms with Crippen molar-refractivity contribution >= 4 is 58.0 Å². The average molecular weight is 568 g/mol. The summed E-state index contributed by atoms with van der Waals surface area (Å²) in [5.74, 6) is -0.326. The molecule has 12 heteroatoms. The summed E-state index contributed by atoms with van der Waals surface area (Å²) in [5, 5.41) is 11.2. The summed E-state index contributed by atoms with van der Waals surface area (Å²) in [7, 11) is 1.60. The molecule has 0 saturated carbocycles. The number of amides is 1. The molecule has 0 N–H and O–H groups in total. The number of piperidine rings is 1. The quantitative estimate of drug-likeness (QED) is 0.168. The predicted molar refractivity (Wildman–Crippen MR) is 132 cm³/mol. The first-order valence-electron chi connectivity index (χ1n) is 10.6. The molecule has 3 heterocycles. The van der Waals surface area contributed by atoms with Gasteiger partial charge in [-0.25, -0.2) is 0 Å². The average Bonchev–Trinajstić information content (AvgIpc) is 3.33. The van der Waals surface area contributed by atoms with Gasteiger partial charge in [-0.1, -0.05) is 76.7 Å². The van der Waals surface area contributed by atoms with Crippen LogP contribution in [0.2, 0.25) is 20.1 Å². The summed E-state index contributed by atoms with van der Waals surface area (Å²) >= 11 is 25.5. The topological polar surface area (TPSA) is 91.1 Å². The molecule has 36 heavy (non-hydrogen) atoms. The van der Waals surface area contributed by atoms with E-state index in [-0.39, 0.29) is 37.3 Å². The number of likely N-dealkylation sites (N-methyl/N-ethyl adjacent to an activating group) is 1. The van der Waals surface area contributed by atoms with Crippen LogP contribution in [-0.2, 0) is 20.9 Å². The highest BCUT2D eigenvalue weighted by Gasteiger charge is 2.80. The van der Waals surface area contributed by atoms with Crippen molar-refractivity contribution in [1.29, 1.82) is 0 Å². The summed E-state index contributed by atoms with van der Waals surface area (Å²) < 4.78 is 19.4. The fraction of sp³-hybridized carbons (Fsp3) is 0.208. The van der Waals surface area contributed by atoms with Crippen molar-refractivity contribution in [2.24, 2.45) is 0 Å². The van der Waals surface area contributed by atoms with E-state index in [0.29, 0.717) is 11.1 Å². The number of nitro benzene ring substituents is 1. The molecular weight excluding hydrogens is 554 g/mol. The van der Waals surface area contributed by atoms with Gasteiger partial charge < -0.3 is 19.1 Å². The largest absolute Gasteiger partial charge is 0.477 e. The van der Waals surface area contributed by atoms with Crippen LogP contribution in [0, 0.1) is 10.1 Å². The third kappa shape index (κ3) is 2.79. The number of halogens is 4. The molecule has 2 saturated heterocycles. The Labute approximate surface area is 224 Å². The van der Waals surface area contributed by atoms with Crippen LogP contribution < -0.4 is 9.47 Å². The number of ether oxygens (including phenoxy) is 3.